The third kappa shape index (κ3) is 3.46. The van der Waals surface area contributed by atoms with Crippen molar-refractivity contribution in [1.82, 2.24) is 10.2 Å². The van der Waals surface area contributed by atoms with E-state index in [-0.39, 0.29) is 17.0 Å². The number of nitrogens with one attached hydrogen (secondary N) is 1. The Morgan fingerprint density at radius 2 is 1.95 bits per heavy atom. The predicted octanol–water partition coefficient (Wildman–Crippen LogP) is 3.10. The molecule has 1 heterocycles. The number of rotatable bonds is 7. The van der Waals surface area contributed by atoms with Gasteiger partial charge in [-0.25, -0.2) is 0 Å². The maximum absolute atomic E-state index is 12.6. The van der Waals surface area contributed by atoms with Crippen LogP contribution in [0.4, 0.5) is 0 Å². The second kappa shape index (κ2) is 6.98. The van der Waals surface area contributed by atoms with E-state index < -0.39 is 0 Å². The van der Waals surface area contributed by atoms with Crippen LogP contribution in [0.3, 0.4) is 0 Å². The number of nitrogens with zero attached hydrogens (tertiary/aromatic N) is 1. The van der Waals surface area contributed by atoms with Gasteiger partial charge in [0, 0.05) is 11.3 Å². The molecule has 1 fully saturated rings. The van der Waals surface area contributed by atoms with Gasteiger partial charge in [0.05, 0.1) is 12.2 Å². The first-order chi connectivity index (χ1) is 8.94. The average Bonchev–Trinajstić information content (AvgIpc) is 2.71. The SMILES string of the molecule is CCC(C)C1NC(C)N(CC(CC)(CC)SC)C1=O. The molecule has 0 aromatic carbocycles. The highest BCUT2D eigenvalue weighted by molar-refractivity contribution is 8.00. The van der Waals surface area contributed by atoms with Crippen LogP contribution >= 0.6 is 11.8 Å². The lowest BCUT2D eigenvalue weighted by molar-refractivity contribution is -0.131. The van der Waals surface area contributed by atoms with E-state index in [1.165, 1.54) is 0 Å². The van der Waals surface area contributed by atoms with Gasteiger partial charge in [-0.15, -0.1) is 0 Å². The number of hydrogen-bond donors (Lipinski definition) is 1. The largest absolute Gasteiger partial charge is 0.325 e. The van der Waals surface area contributed by atoms with Crippen molar-refractivity contribution >= 4 is 17.7 Å². The zero-order valence-electron chi connectivity index (χ0n) is 13.3. The fourth-order valence-corrected chi connectivity index (χ4v) is 3.63. The van der Waals surface area contributed by atoms with Crippen LogP contribution < -0.4 is 5.32 Å². The molecule has 0 saturated carbocycles. The van der Waals surface area contributed by atoms with Gasteiger partial charge in [-0.2, -0.15) is 11.8 Å². The molecule has 19 heavy (non-hydrogen) atoms. The van der Waals surface area contributed by atoms with Gasteiger partial charge >= 0.3 is 0 Å². The lowest BCUT2D eigenvalue weighted by Crippen LogP contribution is -2.45. The molecule has 0 radical (unpaired) electrons. The van der Waals surface area contributed by atoms with Gasteiger partial charge in [0.15, 0.2) is 0 Å². The molecule has 3 atom stereocenters. The van der Waals surface area contributed by atoms with Crippen molar-refractivity contribution < 1.29 is 4.79 Å². The summed E-state index contributed by atoms with van der Waals surface area (Å²) in [4.78, 5) is 14.7. The van der Waals surface area contributed by atoms with Crippen LogP contribution in [0.25, 0.3) is 0 Å². The minimum Gasteiger partial charge on any atom is -0.325 e. The van der Waals surface area contributed by atoms with E-state index in [0.29, 0.717) is 11.8 Å². The molecule has 0 aromatic heterocycles. The molecular weight excluding hydrogens is 256 g/mol. The van der Waals surface area contributed by atoms with Crippen molar-refractivity contribution in [3.8, 4) is 0 Å². The molecule has 1 N–H and O–H groups in total. The molecule has 1 aliphatic rings. The summed E-state index contributed by atoms with van der Waals surface area (Å²) in [7, 11) is 0. The first-order valence-corrected chi connectivity index (χ1v) is 8.78. The highest BCUT2D eigenvalue weighted by atomic mass is 32.2. The van der Waals surface area contributed by atoms with Crippen LogP contribution in [-0.2, 0) is 4.79 Å². The van der Waals surface area contributed by atoms with Crippen molar-refractivity contribution in [2.75, 3.05) is 12.8 Å². The van der Waals surface area contributed by atoms with Crippen LogP contribution in [0.2, 0.25) is 0 Å². The molecule has 0 spiro atoms. The first-order valence-electron chi connectivity index (χ1n) is 7.56. The van der Waals surface area contributed by atoms with Crippen LogP contribution in [0.5, 0.6) is 0 Å². The van der Waals surface area contributed by atoms with E-state index in [1.807, 2.05) is 11.8 Å². The van der Waals surface area contributed by atoms with Crippen LogP contribution in [0.1, 0.15) is 53.9 Å². The first kappa shape index (κ1) is 16.8. The zero-order valence-corrected chi connectivity index (χ0v) is 14.1. The van der Waals surface area contributed by atoms with Gasteiger partial charge in [-0.05, 0) is 31.9 Å². The van der Waals surface area contributed by atoms with Gasteiger partial charge in [0.25, 0.3) is 0 Å². The van der Waals surface area contributed by atoms with Crippen LogP contribution in [0, 0.1) is 5.92 Å². The van der Waals surface area contributed by atoms with E-state index in [9.17, 15) is 4.79 Å². The van der Waals surface area contributed by atoms with Gasteiger partial charge in [-0.3, -0.25) is 10.1 Å². The van der Waals surface area contributed by atoms with E-state index in [0.717, 1.165) is 25.8 Å². The fourth-order valence-electron chi connectivity index (χ4n) is 2.79. The fraction of sp³-hybridized carbons (Fsp3) is 0.933. The Bertz CT molecular complexity index is 296. The zero-order chi connectivity index (χ0) is 14.6. The molecule has 4 heteroatoms. The third-order valence-electron chi connectivity index (χ3n) is 4.83. The number of carbonyl (C=O) groups is 1. The van der Waals surface area contributed by atoms with Crippen molar-refractivity contribution in [2.45, 2.75) is 70.8 Å². The molecule has 3 unspecified atom stereocenters. The van der Waals surface area contributed by atoms with E-state index >= 15 is 0 Å². The van der Waals surface area contributed by atoms with Gasteiger partial charge < -0.3 is 4.90 Å². The summed E-state index contributed by atoms with van der Waals surface area (Å²) in [5, 5.41) is 3.47. The maximum Gasteiger partial charge on any atom is 0.241 e. The van der Waals surface area contributed by atoms with E-state index in [2.05, 4.69) is 51.1 Å². The molecule has 1 aliphatic heterocycles. The molecule has 0 aliphatic carbocycles. The maximum atomic E-state index is 12.6. The summed E-state index contributed by atoms with van der Waals surface area (Å²) in [6, 6.07) is 0.00766. The molecule has 1 rings (SSSR count). The topological polar surface area (TPSA) is 32.3 Å². The smallest absolute Gasteiger partial charge is 0.241 e. The standard InChI is InChI=1S/C15H30N2OS/c1-7-11(4)13-14(18)17(12(5)16-13)10-15(8-2,9-3)19-6/h11-13,16H,7-10H2,1-6H3. The summed E-state index contributed by atoms with van der Waals surface area (Å²) >= 11 is 1.90. The number of hydrogen-bond acceptors (Lipinski definition) is 3. The Hall–Kier alpha value is -0.220. The van der Waals surface area contributed by atoms with Crippen LogP contribution in [0.15, 0.2) is 0 Å². The minimum absolute atomic E-state index is 0.00766. The molecule has 1 amide bonds. The Balaban J connectivity index is 2.81. The lowest BCUT2D eigenvalue weighted by Gasteiger charge is -2.35. The Kier molecular flexibility index (Phi) is 6.18. The summed E-state index contributed by atoms with van der Waals surface area (Å²) < 4.78 is 0.204. The number of carbonyl (C=O) groups excluding carboxylic acids is 1. The van der Waals surface area contributed by atoms with Crippen molar-refractivity contribution in [1.29, 1.82) is 0 Å². The van der Waals surface area contributed by atoms with Gasteiger partial charge in [0.2, 0.25) is 5.91 Å². The molecule has 0 bridgehead atoms. The Morgan fingerprint density at radius 1 is 1.37 bits per heavy atom. The second-order valence-corrected chi connectivity index (χ2v) is 7.04. The van der Waals surface area contributed by atoms with E-state index in [4.69, 9.17) is 0 Å². The van der Waals surface area contributed by atoms with Crippen LogP contribution in [-0.4, -0.2) is 40.6 Å². The molecule has 1 saturated heterocycles. The summed E-state index contributed by atoms with van der Waals surface area (Å²) in [5.41, 5.74) is 0. The third-order valence-corrected chi connectivity index (χ3v) is 6.40. The van der Waals surface area contributed by atoms with Crippen molar-refractivity contribution in [2.24, 2.45) is 5.92 Å². The highest BCUT2D eigenvalue weighted by Gasteiger charge is 2.42. The lowest BCUT2D eigenvalue weighted by atomic mass is 9.98. The summed E-state index contributed by atoms with van der Waals surface area (Å²) in [5.74, 6) is 0.703. The van der Waals surface area contributed by atoms with Crippen molar-refractivity contribution in [3.63, 3.8) is 0 Å². The second-order valence-electron chi connectivity index (χ2n) is 5.77. The predicted molar refractivity (Wildman–Crippen MR) is 84.4 cm³/mol. The Labute approximate surface area is 122 Å². The normalized spacial score (nSPS) is 26.0. The molecule has 0 aromatic rings. The average molecular weight is 286 g/mol. The quantitative estimate of drug-likeness (QED) is 0.780. The number of thioether (sulfide) groups is 1. The van der Waals surface area contributed by atoms with Crippen molar-refractivity contribution in [3.05, 3.63) is 0 Å². The molecule has 112 valence electrons. The molecule has 3 nitrogen and oxygen atoms in total. The van der Waals surface area contributed by atoms with Gasteiger partial charge in [0.1, 0.15) is 0 Å². The Morgan fingerprint density at radius 3 is 2.37 bits per heavy atom. The minimum atomic E-state index is 0.00766. The van der Waals surface area contributed by atoms with Gasteiger partial charge in [-0.1, -0.05) is 34.1 Å². The summed E-state index contributed by atoms with van der Waals surface area (Å²) in [6.45, 7) is 11.7. The molecular formula is C15H30N2OS. The summed E-state index contributed by atoms with van der Waals surface area (Å²) in [6.07, 6.45) is 5.58. The van der Waals surface area contributed by atoms with E-state index in [1.54, 1.807) is 0 Å². The number of amides is 1. The highest BCUT2D eigenvalue weighted by Crippen LogP contribution is 2.33. The monoisotopic (exact) mass is 286 g/mol.